The van der Waals surface area contributed by atoms with Crippen molar-refractivity contribution in [2.24, 2.45) is 0 Å². The van der Waals surface area contributed by atoms with Crippen LogP contribution in [0.5, 0.6) is 0 Å². The van der Waals surface area contributed by atoms with Gasteiger partial charge >= 0.3 is 12.4 Å². The van der Waals surface area contributed by atoms with Crippen LogP contribution in [0.2, 0.25) is 0 Å². The lowest BCUT2D eigenvalue weighted by Crippen LogP contribution is -2.39. The second kappa shape index (κ2) is 7.99. The normalized spacial score (nSPS) is 16.8. The molecule has 184 valence electrons. The first-order chi connectivity index (χ1) is 17.0. The third kappa shape index (κ3) is 3.86. The molecule has 1 aliphatic heterocycles. The fourth-order valence-electron chi connectivity index (χ4n) is 4.02. The molecular formula is C22H12F6N6O2. The van der Waals surface area contributed by atoms with Crippen LogP contribution in [0.15, 0.2) is 70.9 Å². The molecule has 2 aromatic rings. The second-order valence-electron chi connectivity index (χ2n) is 7.81. The average Bonchev–Trinajstić information content (AvgIpc) is 3.28. The predicted molar refractivity (Wildman–Crippen MR) is 112 cm³/mol. The highest BCUT2D eigenvalue weighted by atomic mass is 19.4. The van der Waals surface area contributed by atoms with Gasteiger partial charge in [0.15, 0.2) is 11.6 Å². The molecule has 0 saturated carbocycles. The Morgan fingerprint density at radius 1 is 1.11 bits per heavy atom. The zero-order valence-corrected chi connectivity index (χ0v) is 17.7. The number of fused-ring (bicyclic) bond motifs is 1. The highest BCUT2D eigenvalue weighted by Gasteiger charge is 2.42. The van der Waals surface area contributed by atoms with Crippen LogP contribution in [0.25, 0.3) is 5.70 Å². The number of carbonyl (C=O) groups excluding carboxylic acids is 2. The predicted octanol–water partition coefficient (Wildman–Crippen LogP) is 3.76. The molecule has 0 aromatic carbocycles. The average molecular weight is 506 g/mol. The van der Waals surface area contributed by atoms with Crippen molar-refractivity contribution < 1.29 is 35.9 Å². The summed E-state index contributed by atoms with van der Waals surface area (Å²) in [4.78, 5) is 27.1. The molecule has 0 radical (unpaired) electrons. The van der Waals surface area contributed by atoms with E-state index in [4.69, 9.17) is 0 Å². The zero-order chi connectivity index (χ0) is 25.8. The maximum absolute atomic E-state index is 14.2. The van der Waals surface area contributed by atoms with Gasteiger partial charge in [0.05, 0.1) is 23.2 Å². The first kappa shape index (κ1) is 23.2. The summed E-state index contributed by atoms with van der Waals surface area (Å²) in [7, 11) is 0. The lowest BCUT2D eigenvalue weighted by Gasteiger charge is -2.32. The summed E-state index contributed by atoms with van der Waals surface area (Å²) >= 11 is 0. The van der Waals surface area contributed by atoms with Gasteiger partial charge in [-0.1, -0.05) is 12.2 Å². The minimum absolute atomic E-state index is 0.0554. The van der Waals surface area contributed by atoms with Gasteiger partial charge in [0.2, 0.25) is 0 Å². The molecule has 5 rings (SSSR count). The first-order valence-electron chi connectivity index (χ1n) is 10.1. The maximum atomic E-state index is 14.2. The molecule has 8 nitrogen and oxygen atoms in total. The van der Waals surface area contributed by atoms with E-state index in [1.54, 1.807) is 18.1 Å². The number of aromatic nitrogens is 3. The van der Waals surface area contributed by atoms with Gasteiger partial charge in [0.25, 0.3) is 5.91 Å². The standard InChI is InChI=1S/C22H12F6N6O2/c23-21(24,25)17-7-11(3-4-29-17)31-20(36)14-8-30-34(19(14)22(26,27)28)16-6-10-1-2-12-13(5-10)18(16)33-32-15(12)9-35/h1-4,6-8,32-33H,5H2,(H,29,31,36). The van der Waals surface area contributed by atoms with Crippen molar-refractivity contribution in [2.75, 3.05) is 5.32 Å². The van der Waals surface area contributed by atoms with E-state index in [2.05, 4.69) is 20.9 Å². The van der Waals surface area contributed by atoms with Crippen LogP contribution in [-0.4, -0.2) is 26.6 Å². The van der Waals surface area contributed by atoms with E-state index in [1.165, 1.54) is 6.08 Å². The van der Waals surface area contributed by atoms with Gasteiger partial charge in [0, 0.05) is 23.9 Å². The molecule has 3 N–H and O–H groups in total. The van der Waals surface area contributed by atoms with Crippen LogP contribution in [0.4, 0.5) is 32.0 Å². The molecule has 36 heavy (non-hydrogen) atoms. The van der Waals surface area contributed by atoms with Crippen molar-refractivity contribution in [3.63, 3.8) is 0 Å². The Kier molecular flexibility index (Phi) is 5.14. The summed E-state index contributed by atoms with van der Waals surface area (Å²) in [5.74, 6) is 0.403. The van der Waals surface area contributed by atoms with Crippen molar-refractivity contribution in [1.82, 2.24) is 25.6 Å². The molecule has 0 atom stereocenters. The van der Waals surface area contributed by atoms with Crippen molar-refractivity contribution in [3.8, 4) is 0 Å². The number of carbonyl (C=O) groups is 1. The number of anilines is 1. The van der Waals surface area contributed by atoms with E-state index < -0.39 is 40.9 Å². The minimum Gasteiger partial charge on any atom is -0.322 e. The largest absolute Gasteiger partial charge is 0.434 e. The van der Waals surface area contributed by atoms with Gasteiger partial charge in [-0.3, -0.25) is 20.6 Å². The van der Waals surface area contributed by atoms with E-state index in [-0.39, 0.29) is 17.1 Å². The number of pyridine rings is 1. The minimum atomic E-state index is -5.07. The lowest BCUT2D eigenvalue weighted by atomic mass is 9.84. The SMILES string of the molecule is O=C=C1NNC2=C(n3ncc(C(=O)Nc4ccnc(C(F)(F)F)c4)c3C(F)(F)F)C=C3C=CC1=C2C3. The van der Waals surface area contributed by atoms with Crippen LogP contribution in [0, 0.1) is 0 Å². The molecule has 1 amide bonds. The molecule has 2 bridgehead atoms. The van der Waals surface area contributed by atoms with E-state index in [0.717, 1.165) is 12.3 Å². The summed E-state index contributed by atoms with van der Waals surface area (Å²) < 4.78 is 81.8. The summed E-state index contributed by atoms with van der Waals surface area (Å²) in [6.07, 6.45) is -3.39. The summed E-state index contributed by atoms with van der Waals surface area (Å²) in [6.45, 7) is 0. The third-order valence-electron chi connectivity index (χ3n) is 5.55. The third-order valence-corrected chi connectivity index (χ3v) is 5.55. The van der Waals surface area contributed by atoms with Crippen LogP contribution < -0.4 is 16.2 Å². The van der Waals surface area contributed by atoms with Gasteiger partial charge in [-0.15, -0.1) is 0 Å². The molecule has 0 saturated heterocycles. The number of hydrazine groups is 1. The van der Waals surface area contributed by atoms with Gasteiger partial charge in [0.1, 0.15) is 11.4 Å². The van der Waals surface area contributed by atoms with Crippen molar-refractivity contribution in [1.29, 1.82) is 0 Å². The molecule has 2 aromatic heterocycles. The van der Waals surface area contributed by atoms with E-state index >= 15 is 0 Å². The fraction of sp³-hybridized carbons (Fsp3) is 0.136. The molecule has 14 heteroatoms. The van der Waals surface area contributed by atoms with E-state index in [1.807, 2.05) is 5.32 Å². The van der Waals surface area contributed by atoms with Gasteiger partial charge in [-0.25, -0.2) is 9.48 Å². The zero-order valence-electron chi connectivity index (χ0n) is 17.7. The number of nitrogens with zero attached hydrogens (tertiary/aromatic N) is 3. The number of alkyl halides is 6. The van der Waals surface area contributed by atoms with Crippen molar-refractivity contribution in [2.45, 2.75) is 18.8 Å². The molecule has 0 fully saturated rings. The summed E-state index contributed by atoms with van der Waals surface area (Å²) in [5, 5.41) is 5.82. The smallest absolute Gasteiger partial charge is 0.322 e. The van der Waals surface area contributed by atoms with E-state index in [0.29, 0.717) is 40.1 Å². The van der Waals surface area contributed by atoms with Crippen LogP contribution in [0.3, 0.4) is 0 Å². The monoisotopic (exact) mass is 506 g/mol. The molecule has 2 aliphatic carbocycles. The number of allylic oxidation sites excluding steroid dienone is 6. The number of hydrogen-bond donors (Lipinski definition) is 3. The molecule has 0 unspecified atom stereocenters. The Bertz CT molecular complexity index is 1480. The van der Waals surface area contributed by atoms with Gasteiger partial charge < -0.3 is 5.32 Å². The molecule has 3 aliphatic rings. The summed E-state index contributed by atoms with van der Waals surface area (Å²) in [5.41, 5.74) is 3.05. The number of hydrogen-bond acceptors (Lipinski definition) is 6. The summed E-state index contributed by atoms with van der Waals surface area (Å²) in [6, 6.07) is 1.52. The highest BCUT2D eigenvalue weighted by molar-refractivity contribution is 6.05. The molecule has 0 spiro atoms. The van der Waals surface area contributed by atoms with Crippen molar-refractivity contribution >= 4 is 23.2 Å². The van der Waals surface area contributed by atoms with Gasteiger partial charge in [-0.2, -0.15) is 31.4 Å². The number of rotatable bonds is 3. The number of halogens is 6. The van der Waals surface area contributed by atoms with E-state index in [9.17, 15) is 35.9 Å². The maximum Gasteiger partial charge on any atom is 0.434 e. The Balaban J connectivity index is 1.59. The van der Waals surface area contributed by atoms with Crippen LogP contribution in [-0.2, 0) is 17.1 Å². The van der Waals surface area contributed by atoms with Crippen LogP contribution >= 0.6 is 0 Å². The Hall–Kier alpha value is -4.58. The Morgan fingerprint density at radius 2 is 1.89 bits per heavy atom. The quantitative estimate of drug-likeness (QED) is 0.433. The highest BCUT2D eigenvalue weighted by Crippen LogP contribution is 2.42. The van der Waals surface area contributed by atoms with Crippen LogP contribution in [0.1, 0.15) is 28.2 Å². The van der Waals surface area contributed by atoms with Gasteiger partial charge in [-0.05, 0) is 29.4 Å². The Labute approximate surface area is 197 Å². The van der Waals surface area contributed by atoms with Crippen molar-refractivity contribution in [3.05, 3.63) is 87.8 Å². The Morgan fingerprint density at radius 3 is 2.58 bits per heavy atom. The second-order valence-corrected chi connectivity index (χ2v) is 7.81. The molecular weight excluding hydrogens is 494 g/mol. The lowest BCUT2D eigenvalue weighted by molar-refractivity contribution is -0.143. The fourth-order valence-corrected chi connectivity index (χ4v) is 4.02. The number of amides is 1. The number of nitrogens with one attached hydrogen (secondary N) is 3. The molecule has 3 heterocycles. The topological polar surface area (TPSA) is 101 Å². The first-order valence-corrected chi connectivity index (χ1v) is 10.1.